The third kappa shape index (κ3) is 3.77. The predicted octanol–water partition coefficient (Wildman–Crippen LogP) is 3.10. The second kappa shape index (κ2) is 5.57. The van der Waals surface area contributed by atoms with E-state index >= 15 is 0 Å². The molecule has 0 saturated carbocycles. The number of benzene rings is 1. The third-order valence-corrected chi connectivity index (χ3v) is 2.19. The van der Waals surface area contributed by atoms with E-state index in [0.29, 0.717) is 5.92 Å². The Morgan fingerprint density at radius 2 is 1.93 bits per heavy atom. The summed E-state index contributed by atoms with van der Waals surface area (Å²) in [7, 11) is 0. The van der Waals surface area contributed by atoms with E-state index in [-0.39, 0.29) is 5.91 Å². The number of carbonyl (C=O) groups is 1. The van der Waals surface area contributed by atoms with Crippen LogP contribution in [0.4, 0.5) is 5.69 Å². The van der Waals surface area contributed by atoms with Gasteiger partial charge in [0.1, 0.15) is 0 Å². The van der Waals surface area contributed by atoms with Gasteiger partial charge >= 0.3 is 5.91 Å². The molecule has 0 unspecified atom stereocenters. The summed E-state index contributed by atoms with van der Waals surface area (Å²) in [5.41, 5.74) is 2.01. The lowest BCUT2D eigenvalue weighted by Gasteiger charge is -2.06. The van der Waals surface area contributed by atoms with Gasteiger partial charge in [0, 0.05) is 27.5 Å². The van der Waals surface area contributed by atoms with Gasteiger partial charge in [0.25, 0.3) is 0 Å². The van der Waals surface area contributed by atoms with Crippen LogP contribution in [0.15, 0.2) is 24.3 Å². The molecule has 0 bridgehead atoms. The summed E-state index contributed by atoms with van der Waals surface area (Å²) in [5, 5.41) is 2.67. The molecule has 15 heavy (non-hydrogen) atoms. The number of amides is 1. The van der Waals surface area contributed by atoms with Crippen molar-refractivity contribution in [1.82, 2.24) is 0 Å². The summed E-state index contributed by atoms with van der Waals surface area (Å²) < 4.78 is 0. The van der Waals surface area contributed by atoms with Crippen LogP contribution < -0.4 is 5.32 Å². The van der Waals surface area contributed by atoms with Crippen molar-refractivity contribution in [3.05, 3.63) is 29.8 Å². The minimum atomic E-state index is -0.316. The first-order valence-corrected chi connectivity index (χ1v) is 5.45. The van der Waals surface area contributed by atoms with Crippen molar-refractivity contribution in [2.75, 3.05) is 5.32 Å². The van der Waals surface area contributed by atoms with Crippen LogP contribution in [-0.2, 0) is 4.79 Å². The Morgan fingerprint density at radius 3 is 2.40 bits per heavy atom. The van der Waals surface area contributed by atoms with E-state index in [4.69, 9.17) is 0 Å². The van der Waals surface area contributed by atoms with Crippen molar-refractivity contribution < 1.29 is 4.79 Å². The first-order chi connectivity index (χ1) is 7.13. The zero-order valence-electron chi connectivity index (χ0n) is 8.67. The molecule has 0 aromatic heterocycles. The molecule has 78 valence electrons. The average Bonchev–Trinajstić information content (AvgIpc) is 2.18. The highest BCUT2D eigenvalue weighted by atomic mass is 79.9. The number of carbonyl (C=O) groups excluding carboxylic acids is 1. The molecule has 0 saturated heterocycles. The van der Waals surface area contributed by atoms with Gasteiger partial charge in [-0.3, -0.25) is 4.79 Å². The van der Waals surface area contributed by atoms with Gasteiger partial charge in [-0.25, -0.2) is 0 Å². The van der Waals surface area contributed by atoms with Crippen molar-refractivity contribution in [2.45, 2.75) is 19.8 Å². The van der Waals surface area contributed by atoms with Crippen molar-refractivity contribution in [3.8, 4) is 10.8 Å². The largest absolute Gasteiger partial charge is 0.315 e. The maximum atomic E-state index is 11.1. The lowest BCUT2D eigenvalue weighted by Crippen LogP contribution is -2.08. The van der Waals surface area contributed by atoms with Gasteiger partial charge in [0.15, 0.2) is 0 Å². The normalized spacial score (nSPS) is 9.33. The fourth-order valence-corrected chi connectivity index (χ4v) is 1.34. The Hall–Kier alpha value is -1.27. The van der Waals surface area contributed by atoms with Gasteiger partial charge in [-0.15, -0.1) is 0 Å². The monoisotopic (exact) mass is 265 g/mol. The molecular weight excluding hydrogens is 254 g/mol. The Bertz CT molecular complexity index is 398. The van der Waals surface area contributed by atoms with E-state index in [2.05, 4.69) is 45.8 Å². The highest BCUT2D eigenvalue weighted by molar-refractivity contribution is 9.12. The maximum Gasteiger partial charge on any atom is 0.301 e. The van der Waals surface area contributed by atoms with E-state index in [9.17, 15) is 4.79 Å². The molecule has 1 aromatic carbocycles. The number of nitrogens with one attached hydrogen (secondary N) is 1. The molecule has 1 N–H and O–H groups in total. The number of rotatable bonds is 2. The van der Waals surface area contributed by atoms with Crippen molar-refractivity contribution >= 4 is 27.5 Å². The standard InChI is InChI=1S/C12H12BrNO/c1-9(2)10-3-5-11(6-4-10)14-12(15)7-8-13/h3-6,9H,1-2H3,(H,14,15). The van der Waals surface area contributed by atoms with Crippen LogP contribution in [0, 0.1) is 10.8 Å². The number of halogens is 1. The van der Waals surface area contributed by atoms with Crippen LogP contribution in [0.1, 0.15) is 25.3 Å². The summed E-state index contributed by atoms with van der Waals surface area (Å²) in [4.78, 5) is 13.5. The van der Waals surface area contributed by atoms with Crippen LogP contribution in [0.2, 0.25) is 0 Å². The molecule has 0 heterocycles. The topological polar surface area (TPSA) is 29.1 Å². The third-order valence-electron chi connectivity index (χ3n) is 2.00. The van der Waals surface area contributed by atoms with Crippen LogP contribution in [0.25, 0.3) is 0 Å². The van der Waals surface area contributed by atoms with Crippen LogP contribution in [-0.4, -0.2) is 5.91 Å². The molecule has 0 atom stereocenters. The highest BCUT2D eigenvalue weighted by Crippen LogP contribution is 2.16. The number of anilines is 1. The predicted molar refractivity (Wildman–Crippen MR) is 65.9 cm³/mol. The molecule has 1 rings (SSSR count). The smallest absolute Gasteiger partial charge is 0.301 e. The molecule has 1 amide bonds. The quantitative estimate of drug-likeness (QED) is 0.819. The first kappa shape index (κ1) is 11.8. The Morgan fingerprint density at radius 1 is 1.33 bits per heavy atom. The maximum absolute atomic E-state index is 11.1. The van der Waals surface area contributed by atoms with E-state index in [1.54, 1.807) is 0 Å². The molecule has 0 aliphatic heterocycles. The second-order valence-corrected chi connectivity index (χ2v) is 3.85. The minimum absolute atomic E-state index is 0.316. The fraction of sp³-hybridized carbons (Fsp3) is 0.250. The van der Waals surface area contributed by atoms with Crippen LogP contribution in [0.5, 0.6) is 0 Å². The van der Waals surface area contributed by atoms with Gasteiger partial charge < -0.3 is 5.32 Å². The van der Waals surface area contributed by atoms with Gasteiger partial charge in [-0.05, 0) is 28.4 Å². The molecule has 0 radical (unpaired) electrons. The zero-order chi connectivity index (χ0) is 11.3. The van der Waals surface area contributed by atoms with E-state index in [0.717, 1.165) is 5.69 Å². The minimum Gasteiger partial charge on any atom is -0.315 e. The van der Waals surface area contributed by atoms with Gasteiger partial charge in [-0.2, -0.15) is 0 Å². The molecule has 0 aliphatic carbocycles. The summed E-state index contributed by atoms with van der Waals surface area (Å²) in [6.07, 6.45) is 0. The van der Waals surface area contributed by atoms with E-state index in [1.165, 1.54) is 5.56 Å². The lowest BCUT2D eigenvalue weighted by atomic mass is 10.0. The Balaban J connectivity index is 2.71. The Labute approximate surface area is 98.2 Å². The van der Waals surface area contributed by atoms with Gasteiger partial charge in [-0.1, -0.05) is 26.0 Å². The van der Waals surface area contributed by atoms with Crippen LogP contribution >= 0.6 is 15.9 Å². The van der Waals surface area contributed by atoms with Crippen LogP contribution in [0.3, 0.4) is 0 Å². The summed E-state index contributed by atoms with van der Waals surface area (Å²) in [6, 6.07) is 7.76. The summed E-state index contributed by atoms with van der Waals surface area (Å²) in [5.74, 6) is 2.53. The molecule has 0 fully saturated rings. The average molecular weight is 266 g/mol. The number of hydrogen-bond donors (Lipinski definition) is 1. The van der Waals surface area contributed by atoms with Crippen molar-refractivity contribution in [2.24, 2.45) is 0 Å². The molecule has 1 aromatic rings. The van der Waals surface area contributed by atoms with Gasteiger partial charge in [0.2, 0.25) is 0 Å². The fourth-order valence-electron chi connectivity index (χ4n) is 1.16. The van der Waals surface area contributed by atoms with E-state index < -0.39 is 0 Å². The molecular formula is C12H12BrNO. The molecule has 0 aliphatic rings. The van der Waals surface area contributed by atoms with Crippen molar-refractivity contribution in [3.63, 3.8) is 0 Å². The SMILES string of the molecule is CC(C)c1ccc(NC(=O)C#CBr)cc1. The second-order valence-electron chi connectivity index (χ2n) is 3.45. The highest BCUT2D eigenvalue weighted by Gasteiger charge is 2.00. The Kier molecular flexibility index (Phi) is 4.38. The first-order valence-electron chi connectivity index (χ1n) is 4.66. The summed E-state index contributed by atoms with van der Waals surface area (Å²) >= 11 is 2.87. The lowest BCUT2D eigenvalue weighted by molar-refractivity contribution is -0.111. The molecule has 0 spiro atoms. The molecule has 3 heteroatoms. The van der Waals surface area contributed by atoms with Crippen molar-refractivity contribution in [1.29, 1.82) is 0 Å². The molecule has 2 nitrogen and oxygen atoms in total. The van der Waals surface area contributed by atoms with Gasteiger partial charge in [0.05, 0.1) is 0 Å². The number of hydrogen-bond acceptors (Lipinski definition) is 1. The van der Waals surface area contributed by atoms with E-state index in [1.807, 2.05) is 24.3 Å². The zero-order valence-corrected chi connectivity index (χ0v) is 10.3. The summed E-state index contributed by atoms with van der Waals surface area (Å²) in [6.45, 7) is 4.26.